The van der Waals surface area contributed by atoms with Crippen molar-refractivity contribution in [3.05, 3.63) is 35.9 Å². The lowest BCUT2D eigenvalue weighted by Crippen LogP contribution is -2.42. The van der Waals surface area contributed by atoms with Crippen LogP contribution in [-0.4, -0.2) is 36.2 Å². The third kappa shape index (κ3) is 11.8. The molecule has 1 atom stereocenters. The predicted octanol–water partition coefficient (Wildman–Crippen LogP) is 3.57. The van der Waals surface area contributed by atoms with E-state index in [9.17, 15) is 14.7 Å². The van der Waals surface area contributed by atoms with E-state index in [1.54, 1.807) is 0 Å². The molecule has 5 nitrogen and oxygen atoms in total. The number of benzene rings is 1. The van der Waals surface area contributed by atoms with Gasteiger partial charge in [0, 0.05) is 19.4 Å². The van der Waals surface area contributed by atoms with Gasteiger partial charge in [0.25, 0.3) is 0 Å². The monoisotopic (exact) mass is 373 g/mol. The average molecular weight is 373 g/mol. The van der Waals surface area contributed by atoms with Crippen LogP contribution in [0.25, 0.3) is 0 Å². The first-order valence-corrected chi connectivity index (χ1v) is 9.70. The van der Waals surface area contributed by atoms with Gasteiger partial charge in [-0.15, -0.1) is 6.42 Å². The van der Waals surface area contributed by atoms with Gasteiger partial charge in [-0.2, -0.15) is 0 Å². The van der Waals surface area contributed by atoms with Crippen LogP contribution in [0.3, 0.4) is 0 Å². The molecule has 0 aliphatic carbocycles. The first-order chi connectivity index (χ1) is 13.1. The standard InChI is InChI=1S/C22H31NO4/c1-2-16-27-17-12-7-5-3-4-6-11-15-21(24)23-20(22(25)26)18-19-13-9-8-10-14-19/h1,8-10,13-14,20H,3-7,11-12,15-18H2,(H,23,24)(H,25,26). The normalized spacial score (nSPS) is 11.5. The summed E-state index contributed by atoms with van der Waals surface area (Å²) in [4.78, 5) is 23.4. The molecule has 5 heteroatoms. The van der Waals surface area contributed by atoms with Crippen molar-refractivity contribution in [3.63, 3.8) is 0 Å². The number of ether oxygens (including phenoxy) is 1. The van der Waals surface area contributed by atoms with Crippen LogP contribution in [0, 0.1) is 12.3 Å². The first kappa shape index (κ1) is 22.7. The third-order valence-electron chi connectivity index (χ3n) is 4.29. The van der Waals surface area contributed by atoms with E-state index in [-0.39, 0.29) is 5.91 Å². The van der Waals surface area contributed by atoms with E-state index in [0.29, 0.717) is 19.4 Å². The number of carboxylic acids is 1. The second-order valence-electron chi connectivity index (χ2n) is 6.63. The van der Waals surface area contributed by atoms with Crippen LogP contribution >= 0.6 is 0 Å². The maximum absolute atomic E-state index is 12.0. The SMILES string of the molecule is C#CCOCCCCCCCCCC(=O)NC(Cc1ccccc1)C(=O)O. The molecule has 148 valence electrons. The van der Waals surface area contributed by atoms with Crippen molar-refractivity contribution < 1.29 is 19.4 Å². The minimum absolute atomic E-state index is 0.191. The van der Waals surface area contributed by atoms with Gasteiger partial charge >= 0.3 is 5.97 Å². The number of unbranched alkanes of at least 4 members (excludes halogenated alkanes) is 6. The fourth-order valence-electron chi connectivity index (χ4n) is 2.82. The van der Waals surface area contributed by atoms with Gasteiger partial charge in [-0.3, -0.25) is 4.79 Å². The Labute approximate surface area is 162 Å². The molecule has 0 bridgehead atoms. The fourth-order valence-corrected chi connectivity index (χ4v) is 2.82. The summed E-state index contributed by atoms with van der Waals surface area (Å²) in [6.45, 7) is 1.11. The number of amides is 1. The van der Waals surface area contributed by atoms with Crippen molar-refractivity contribution in [1.29, 1.82) is 0 Å². The van der Waals surface area contributed by atoms with Crippen LogP contribution in [0.5, 0.6) is 0 Å². The van der Waals surface area contributed by atoms with Crippen molar-refractivity contribution in [1.82, 2.24) is 5.32 Å². The molecule has 0 fully saturated rings. The van der Waals surface area contributed by atoms with E-state index < -0.39 is 12.0 Å². The Morgan fingerprint density at radius 2 is 1.67 bits per heavy atom. The van der Waals surface area contributed by atoms with Crippen LogP contribution in [0.4, 0.5) is 0 Å². The van der Waals surface area contributed by atoms with Gasteiger partial charge in [-0.25, -0.2) is 4.79 Å². The van der Waals surface area contributed by atoms with Crippen LogP contribution < -0.4 is 5.32 Å². The van der Waals surface area contributed by atoms with Crippen LogP contribution in [-0.2, 0) is 20.7 Å². The quantitative estimate of drug-likeness (QED) is 0.364. The number of carbonyl (C=O) groups is 2. The topological polar surface area (TPSA) is 75.6 Å². The highest BCUT2D eigenvalue weighted by atomic mass is 16.5. The molecule has 0 aliphatic rings. The van der Waals surface area contributed by atoms with Gasteiger partial charge in [0.1, 0.15) is 12.6 Å². The predicted molar refractivity (Wildman–Crippen MR) is 106 cm³/mol. The zero-order chi connectivity index (χ0) is 19.7. The minimum atomic E-state index is -1.00. The molecule has 0 saturated heterocycles. The molecular weight excluding hydrogens is 342 g/mol. The number of aliphatic carboxylic acids is 1. The van der Waals surface area contributed by atoms with Gasteiger partial charge in [0.15, 0.2) is 0 Å². The Hall–Kier alpha value is -2.32. The molecule has 1 unspecified atom stereocenters. The number of nitrogens with one attached hydrogen (secondary N) is 1. The minimum Gasteiger partial charge on any atom is -0.480 e. The maximum atomic E-state index is 12.0. The second-order valence-corrected chi connectivity index (χ2v) is 6.63. The lowest BCUT2D eigenvalue weighted by Gasteiger charge is -2.14. The number of hydrogen-bond donors (Lipinski definition) is 2. The van der Waals surface area contributed by atoms with E-state index in [0.717, 1.165) is 57.1 Å². The zero-order valence-electron chi connectivity index (χ0n) is 16.0. The van der Waals surface area contributed by atoms with Crippen molar-refractivity contribution in [3.8, 4) is 12.3 Å². The zero-order valence-corrected chi connectivity index (χ0v) is 16.0. The highest BCUT2D eigenvalue weighted by Crippen LogP contribution is 2.09. The third-order valence-corrected chi connectivity index (χ3v) is 4.29. The molecule has 2 N–H and O–H groups in total. The number of terminal acetylenes is 1. The van der Waals surface area contributed by atoms with E-state index >= 15 is 0 Å². The Morgan fingerprint density at radius 1 is 1.04 bits per heavy atom. The molecule has 0 aromatic heterocycles. The maximum Gasteiger partial charge on any atom is 0.326 e. The fraction of sp³-hybridized carbons (Fsp3) is 0.545. The highest BCUT2D eigenvalue weighted by molar-refractivity contribution is 5.83. The molecule has 1 amide bonds. The molecule has 1 rings (SSSR count). The van der Waals surface area contributed by atoms with Gasteiger partial charge in [0.2, 0.25) is 5.91 Å². The highest BCUT2D eigenvalue weighted by Gasteiger charge is 2.19. The lowest BCUT2D eigenvalue weighted by atomic mass is 10.1. The molecule has 1 aromatic carbocycles. The number of rotatable bonds is 15. The van der Waals surface area contributed by atoms with E-state index in [1.165, 1.54) is 0 Å². The van der Waals surface area contributed by atoms with Crippen LogP contribution in [0.15, 0.2) is 30.3 Å². The molecule has 0 radical (unpaired) electrons. The Morgan fingerprint density at radius 3 is 2.30 bits per heavy atom. The number of carboxylic acid groups (broad SMARTS) is 1. The molecule has 0 heterocycles. The smallest absolute Gasteiger partial charge is 0.326 e. The lowest BCUT2D eigenvalue weighted by molar-refractivity contribution is -0.141. The number of hydrogen-bond acceptors (Lipinski definition) is 3. The van der Waals surface area contributed by atoms with E-state index in [1.807, 2.05) is 30.3 Å². The van der Waals surface area contributed by atoms with Crippen molar-refractivity contribution in [2.45, 2.75) is 63.8 Å². The number of carbonyl (C=O) groups excluding carboxylic acids is 1. The summed E-state index contributed by atoms with van der Waals surface area (Å²) in [5.41, 5.74) is 0.898. The van der Waals surface area contributed by atoms with E-state index in [2.05, 4.69) is 11.2 Å². The summed E-state index contributed by atoms with van der Waals surface area (Å²) in [5.74, 6) is 1.25. The average Bonchev–Trinajstić information content (AvgIpc) is 2.66. The molecule has 0 spiro atoms. The summed E-state index contributed by atoms with van der Waals surface area (Å²) < 4.78 is 5.22. The van der Waals surface area contributed by atoms with Gasteiger partial charge in [0.05, 0.1) is 0 Å². The summed E-state index contributed by atoms with van der Waals surface area (Å²) in [6, 6.07) is 8.45. The van der Waals surface area contributed by atoms with Gasteiger partial charge in [-0.1, -0.05) is 68.4 Å². The van der Waals surface area contributed by atoms with Gasteiger partial charge < -0.3 is 15.2 Å². The summed E-state index contributed by atoms with van der Waals surface area (Å²) in [7, 11) is 0. The Bertz CT molecular complexity index is 580. The van der Waals surface area contributed by atoms with Crippen molar-refractivity contribution in [2.75, 3.05) is 13.2 Å². The molecule has 0 saturated carbocycles. The largest absolute Gasteiger partial charge is 0.480 e. The first-order valence-electron chi connectivity index (χ1n) is 9.70. The molecule has 1 aromatic rings. The Kier molecular flexibility index (Phi) is 12.5. The summed E-state index contributed by atoms with van der Waals surface area (Å²) >= 11 is 0. The van der Waals surface area contributed by atoms with Gasteiger partial charge in [-0.05, 0) is 18.4 Å². The van der Waals surface area contributed by atoms with Crippen LogP contribution in [0.2, 0.25) is 0 Å². The molecule has 27 heavy (non-hydrogen) atoms. The molecule has 0 aliphatic heterocycles. The second kappa shape index (κ2) is 14.8. The molecular formula is C22H31NO4. The van der Waals surface area contributed by atoms with Crippen molar-refractivity contribution >= 4 is 11.9 Å². The summed E-state index contributed by atoms with van der Waals surface area (Å²) in [5, 5.41) is 11.9. The van der Waals surface area contributed by atoms with Crippen molar-refractivity contribution in [2.24, 2.45) is 0 Å². The summed E-state index contributed by atoms with van der Waals surface area (Å²) in [6.07, 6.45) is 13.1. The Balaban J connectivity index is 2.08. The van der Waals surface area contributed by atoms with E-state index in [4.69, 9.17) is 11.2 Å². The van der Waals surface area contributed by atoms with Crippen LogP contribution in [0.1, 0.15) is 56.9 Å².